The number of methoxy groups -OCH3 is 1. The second-order valence-corrected chi connectivity index (χ2v) is 5.17. The number of hydrogen-bond acceptors (Lipinski definition) is 4. The van der Waals surface area contributed by atoms with E-state index in [-0.39, 0.29) is 11.7 Å². The molecule has 1 unspecified atom stereocenters. The van der Waals surface area contributed by atoms with Crippen molar-refractivity contribution < 1.29 is 13.9 Å². The van der Waals surface area contributed by atoms with Gasteiger partial charge in [-0.15, -0.1) is 0 Å². The Hall–Kier alpha value is -1.09. The molecule has 106 valence electrons. The van der Waals surface area contributed by atoms with Crippen molar-refractivity contribution in [1.29, 1.82) is 0 Å². The van der Waals surface area contributed by atoms with E-state index in [0.717, 1.165) is 0 Å². The van der Waals surface area contributed by atoms with Gasteiger partial charge in [0, 0.05) is 19.7 Å². The monoisotopic (exact) mass is 381 g/mol. The van der Waals surface area contributed by atoms with E-state index in [1.807, 2.05) is 22.6 Å². The second-order valence-electron chi connectivity index (χ2n) is 4.00. The zero-order valence-corrected chi connectivity index (χ0v) is 13.0. The molecule has 1 aromatic rings. The number of rotatable bonds is 6. The molecule has 1 rings (SSSR count). The van der Waals surface area contributed by atoms with Crippen LogP contribution in [0.5, 0.6) is 0 Å². The number of benzene rings is 1. The highest BCUT2D eigenvalue weighted by atomic mass is 127. The minimum absolute atomic E-state index is 0.199. The highest BCUT2D eigenvalue weighted by Gasteiger charge is 2.14. The van der Waals surface area contributed by atoms with Crippen molar-refractivity contribution in [3.8, 4) is 0 Å². The summed E-state index contributed by atoms with van der Waals surface area (Å²) in [6.07, 6.45) is 0. The van der Waals surface area contributed by atoms with Crippen molar-refractivity contribution in [2.75, 3.05) is 31.3 Å². The van der Waals surface area contributed by atoms with E-state index in [9.17, 15) is 9.18 Å². The molecule has 0 saturated carbocycles. The Bertz CT molecular complexity index is 457. The van der Waals surface area contributed by atoms with Crippen LogP contribution < -0.4 is 16.4 Å². The van der Waals surface area contributed by atoms with E-state index >= 15 is 0 Å². The summed E-state index contributed by atoms with van der Waals surface area (Å²) in [6.45, 7) is 2.55. The number of carbonyl (C=O) groups excluding carboxylic acids is 1. The zero-order valence-electron chi connectivity index (χ0n) is 10.8. The summed E-state index contributed by atoms with van der Waals surface area (Å²) in [6, 6.07) is 2.29. The summed E-state index contributed by atoms with van der Waals surface area (Å²) in [5.41, 5.74) is 6.59. The van der Waals surface area contributed by atoms with Gasteiger partial charge >= 0.3 is 0 Å². The highest BCUT2D eigenvalue weighted by molar-refractivity contribution is 14.1. The summed E-state index contributed by atoms with van der Waals surface area (Å²) in [5, 5.41) is 5.57. The molecule has 0 aromatic heterocycles. The topological polar surface area (TPSA) is 76.4 Å². The summed E-state index contributed by atoms with van der Waals surface area (Å²) in [7, 11) is 1.56. The van der Waals surface area contributed by atoms with Crippen molar-refractivity contribution in [3.05, 3.63) is 21.5 Å². The van der Waals surface area contributed by atoms with Crippen LogP contribution in [-0.2, 0) is 9.53 Å². The molecule has 0 aliphatic heterocycles. The number of halogens is 2. The number of carbonyl (C=O) groups is 1. The van der Waals surface area contributed by atoms with Gasteiger partial charge in [-0.05, 0) is 35.6 Å². The Labute approximate surface area is 125 Å². The third kappa shape index (κ3) is 4.83. The Morgan fingerprint density at radius 3 is 2.89 bits per heavy atom. The van der Waals surface area contributed by atoms with E-state index in [2.05, 4.69) is 10.6 Å². The van der Waals surface area contributed by atoms with Crippen LogP contribution in [0.1, 0.15) is 6.92 Å². The van der Waals surface area contributed by atoms with Gasteiger partial charge in [0.25, 0.3) is 0 Å². The molecular formula is C12H17FIN3O2. The smallest absolute Gasteiger partial charge is 0.242 e. The largest absolute Gasteiger partial charge is 0.397 e. The van der Waals surface area contributed by atoms with Crippen LogP contribution in [0, 0.1) is 9.39 Å². The number of hydrogen-bond donors (Lipinski definition) is 3. The average Bonchev–Trinajstić information content (AvgIpc) is 2.36. The minimum atomic E-state index is -0.515. The zero-order chi connectivity index (χ0) is 14.4. The average molecular weight is 381 g/mol. The molecule has 0 aliphatic rings. The highest BCUT2D eigenvalue weighted by Crippen LogP contribution is 2.24. The standard InChI is InChI=1S/C12H17FIN3O2/c1-7(12(18)16-3-4-19-2)17-11-5-8(13)9(14)6-10(11)15/h5-7,17H,3-4,15H2,1-2H3,(H,16,18). The lowest BCUT2D eigenvalue weighted by Gasteiger charge is -2.17. The summed E-state index contributed by atoms with van der Waals surface area (Å²) in [5.74, 6) is -0.570. The summed E-state index contributed by atoms with van der Waals surface area (Å²) < 4.78 is 18.7. The van der Waals surface area contributed by atoms with E-state index in [1.165, 1.54) is 12.1 Å². The molecule has 5 nitrogen and oxygen atoms in total. The van der Waals surface area contributed by atoms with Gasteiger partial charge in [0.15, 0.2) is 0 Å². The number of ether oxygens (including phenoxy) is 1. The van der Waals surface area contributed by atoms with Crippen LogP contribution in [0.2, 0.25) is 0 Å². The number of nitrogens with one attached hydrogen (secondary N) is 2. The van der Waals surface area contributed by atoms with Crippen LogP contribution in [0.15, 0.2) is 12.1 Å². The fourth-order valence-electron chi connectivity index (χ4n) is 1.42. The van der Waals surface area contributed by atoms with Gasteiger partial charge in [0.05, 0.1) is 21.6 Å². The number of amides is 1. The fraction of sp³-hybridized carbons (Fsp3) is 0.417. The molecule has 0 radical (unpaired) electrons. The third-order valence-electron chi connectivity index (χ3n) is 2.46. The Morgan fingerprint density at radius 1 is 1.58 bits per heavy atom. The molecule has 0 heterocycles. The first-order valence-corrected chi connectivity index (χ1v) is 6.81. The van der Waals surface area contributed by atoms with Gasteiger partial charge in [-0.1, -0.05) is 0 Å². The lowest BCUT2D eigenvalue weighted by atomic mass is 10.2. The molecule has 0 bridgehead atoms. The first-order valence-electron chi connectivity index (χ1n) is 5.73. The first-order chi connectivity index (χ1) is 8.95. The number of anilines is 2. The fourth-order valence-corrected chi connectivity index (χ4v) is 1.91. The number of nitrogen functional groups attached to an aromatic ring is 1. The molecule has 0 spiro atoms. The van der Waals surface area contributed by atoms with Crippen LogP contribution >= 0.6 is 22.6 Å². The van der Waals surface area contributed by atoms with Crippen LogP contribution in [-0.4, -0.2) is 32.2 Å². The van der Waals surface area contributed by atoms with Gasteiger partial charge in [0.1, 0.15) is 11.9 Å². The predicted molar refractivity (Wildman–Crippen MR) is 81.5 cm³/mol. The molecule has 0 fully saturated rings. The quantitative estimate of drug-likeness (QED) is 0.397. The lowest BCUT2D eigenvalue weighted by molar-refractivity contribution is -0.121. The van der Waals surface area contributed by atoms with Crippen LogP contribution in [0.4, 0.5) is 15.8 Å². The van der Waals surface area contributed by atoms with E-state index in [4.69, 9.17) is 10.5 Å². The summed E-state index contributed by atoms with van der Waals surface area (Å²) >= 11 is 1.86. The van der Waals surface area contributed by atoms with Gasteiger partial charge in [-0.25, -0.2) is 4.39 Å². The molecule has 1 amide bonds. The summed E-state index contributed by atoms with van der Waals surface area (Å²) in [4.78, 5) is 11.7. The maximum atomic E-state index is 13.4. The van der Waals surface area contributed by atoms with Crippen molar-refractivity contribution in [2.45, 2.75) is 13.0 Å². The van der Waals surface area contributed by atoms with Crippen molar-refractivity contribution >= 4 is 39.9 Å². The molecule has 1 atom stereocenters. The molecule has 19 heavy (non-hydrogen) atoms. The van der Waals surface area contributed by atoms with Gasteiger partial charge in [0.2, 0.25) is 5.91 Å². The molecule has 1 aromatic carbocycles. The minimum Gasteiger partial charge on any atom is -0.397 e. The maximum Gasteiger partial charge on any atom is 0.242 e. The van der Waals surface area contributed by atoms with Crippen LogP contribution in [0.3, 0.4) is 0 Å². The molecule has 4 N–H and O–H groups in total. The molecule has 0 saturated heterocycles. The number of nitrogens with two attached hydrogens (primary N) is 1. The molecule has 7 heteroatoms. The molecular weight excluding hydrogens is 364 g/mol. The Kier molecular flexibility index (Phi) is 6.29. The SMILES string of the molecule is COCCNC(=O)C(C)Nc1cc(F)c(I)cc1N. The molecule has 0 aliphatic carbocycles. The Morgan fingerprint density at radius 2 is 2.26 bits per heavy atom. The Balaban J connectivity index is 2.63. The van der Waals surface area contributed by atoms with Gasteiger partial charge < -0.3 is 21.1 Å². The van der Waals surface area contributed by atoms with Crippen molar-refractivity contribution in [1.82, 2.24) is 5.32 Å². The van der Waals surface area contributed by atoms with E-state index < -0.39 is 6.04 Å². The van der Waals surface area contributed by atoms with Gasteiger partial charge in [-0.2, -0.15) is 0 Å². The van der Waals surface area contributed by atoms with E-state index in [0.29, 0.717) is 28.1 Å². The van der Waals surface area contributed by atoms with Crippen molar-refractivity contribution in [3.63, 3.8) is 0 Å². The normalized spacial score (nSPS) is 12.0. The predicted octanol–water partition coefficient (Wildman–Crippen LogP) is 1.58. The first kappa shape index (κ1) is 16.0. The maximum absolute atomic E-state index is 13.4. The van der Waals surface area contributed by atoms with E-state index in [1.54, 1.807) is 14.0 Å². The third-order valence-corrected chi connectivity index (χ3v) is 3.29. The lowest BCUT2D eigenvalue weighted by Crippen LogP contribution is -2.39. The second kappa shape index (κ2) is 7.49. The van der Waals surface area contributed by atoms with Crippen molar-refractivity contribution in [2.24, 2.45) is 0 Å². The van der Waals surface area contributed by atoms with Gasteiger partial charge in [-0.3, -0.25) is 4.79 Å². The van der Waals surface area contributed by atoms with Crippen LogP contribution in [0.25, 0.3) is 0 Å².